The Labute approximate surface area is 112 Å². The minimum atomic E-state index is -4.17. The highest BCUT2D eigenvalue weighted by Gasteiger charge is 2.29. The number of aryl methyl sites for hydroxylation is 1. The zero-order valence-electron chi connectivity index (χ0n) is 11.9. The lowest BCUT2D eigenvalue weighted by molar-refractivity contribution is 0.476. The standard InChI is InChI=1S/C13H22O3SSi/c1-9-7-8-10(17(14,15)16)11(13(2,3)4)12(9)18(5)6/h7-8,18H,1-6H3,(H,14,15,16). The average Bonchev–Trinajstić information content (AvgIpc) is 2.12. The molecule has 18 heavy (non-hydrogen) atoms. The lowest BCUT2D eigenvalue weighted by Crippen LogP contribution is -2.36. The second-order valence-electron chi connectivity index (χ2n) is 6.05. The Morgan fingerprint density at radius 2 is 1.67 bits per heavy atom. The fourth-order valence-corrected chi connectivity index (χ4v) is 5.63. The molecule has 0 saturated carbocycles. The maximum Gasteiger partial charge on any atom is 0.294 e. The monoisotopic (exact) mass is 286 g/mol. The van der Waals surface area contributed by atoms with Crippen LogP contribution in [0.2, 0.25) is 13.1 Å². The molecule has 0 spiro atoms. The second kappa shape index (κ2) is 4.79. The summed E-state index contributed by atoms with van der Waals surface area (Å²) in [5, 5.41) is 1.15. The van der Waals surface area contributed by atoms with Crippen LogP contribution >= 0.6 is 0 Å². The van der Waals surface area contributed by atoms with Gasteiger partial charge in [0.15, 0.2) is 0 Å². The quantitative estimate of drug-likeness (QED) is 0.670. The predicted molar refractivity (Wildman–Crippen MR) is 78.2 cm³/mol. The fourth-order valence-electron chi connectivity index (χ4n) is 2.44. The van der Waals surface area contributed by atoms with Crippen molar-refractivity contribution < 1.29 is 13.0 Å². The van der Waals surface area contributed by atoms with E-state index in [1.54, 1.807) is 6.07 Å². The zero-order valence-corrected chi connectivity index (χ0v) is 13.9. The Morgan fingerprint density at radius 1 is 1.17 bits per heavy atom. The van der Waals surface area contributed by atoms with Crippen molar-refractivity contribution >= 4 is 24.1 Å². The molecular formula is C13H22O3SSi. The van der Waals surface area contributed by atoms with E-state index in [-0.39, 0.29) is 10.3 Å². The van der Waals surface area contributed by atoms with Crippen molar-refractivity contribution in [1.29, 1.82) is 0 Å². The molecule has 0 radical (unpaired) electrons. The Kier molecular flexibility index (Phi) is 4.10. The predicted octanol–water partition coefficient (Wildman–Crippen LogP) is 2.23. The molecule has 0 heterocycles. The van der Waals surface area contributed by atoms with E-state index in [1.807, 2.05) is 27.7 Å². The molecule has 0 bridgehead atoms. The van der Waals surface area contributed by atoms with Crippen molar-refractivity contribution in [3.63, 3.8) is 0 Å². The van der Waals surface area contributed by atoms with E-state index < -0.39 is 18.9 Å². The maximum absolute atomic E-state index is 11.6. The SMILES string of the molecule is Cc1ccc(S(=O)(=O)O)c(C(C)(C)C)c1[SiH](C)C. The molecule has 0 aliphatic heterocycles. The first-order valence-electron chi connectivity index (χ1n) is 6.07. The van der Waals surface area contributed by atoms with E-state index >= 15 is 0 Å². The molecule has 0 saturated heterocycles. The highest BCUT2D eigenvalue weighted by Crippen LogP contribution is 2.29. The minimum Gasteiger partial charge on any atom is -0.282 e. The van der Waals surface area contributed by atoms with Crippen molar-refractivity contribution in [2.75, 3.05) is 0 Å². The van der Waals surface area contributed by atoms with Crippen LogP contribution in [0.1, 0.15) is 31.9 Å². The van der Waals surface area contributed by atoms with E-state index in [0.29, 0.717) is 0 Å². The van der Waals surface area contributed by atoms with Gasteiger partial charge in [-0.05, 0) is 24.0 Å². The molecule has 5 heteroatoms. The summed E-state index contributed by atoms with van der Waals surface area (Å²) in [6.45, 7) is 12.3. The zero-order chi connectivity index (χ0) is 14.3. The van der Waals surface area contributed by atoms with Crippen LogP contribution in [0.4, 0.5) is 0 Å². The second-order valence-corrected chi connectivity index (χ2v) is 10.3. The third-order valence-corrected chi connectivity index (χ3v) is 5.83. The number of hydrogen-bond donors (Lipinski definition) is 1. The molecule has 1 aromatic rings. The smallest absolute Gasteiger partial charge is 0.282 e. The summed E-state index contributed by atoms with van der Waals surface area (Å²) < 4.78 is 32.5. The number of hydrogen-bond acceptors (Lipinski definition) is 2. The van der Waals surface area contributed by atoms with Crippen molar-refractivity contribution in [1.82, 2.24) is 0 Å². The van der Waals surface area contributed by atoms with Gasteiger partial charge >= 0.3 is 0 Å². The van der Waals surface area contributed by atoms with Crippen LogP contribution in [0.5, 0.6) is 0 Å². The van der Waals surface area contributed by atoms with Crippen molar-refractivity contribution in [3.8, 4) is 0 Å². The van der Waals surface area contributed by atoms with Gasteiger partial charge in [-0.1, -0.05) is 50.7 Å². The third-order valence-electron chi connectivity index (χ3n) is 3.03. The first-order valence-corrected chi connectivity index (χ1v) is 10.4. The number of rotatable bonds is 2. The van der Waals surface area contributed by atoms with Crippen molar-refractivity contribution in [2.24, 2.45) is 0 Å². The molecule has 0 fully saturated rings. The van der Waals surface area contributed by atoms with Crippen LogP contribution in [0.3, 0.4) is 0 Å². The van der Waals surface area contributed by atoms with Crippen LogP contribution in [0, 0.1) is 6.92 Å². The first kappa shape index (κ1) is 15.4. The van der Waals surface area contributed by atoms with Gasteiger partial charge in [0.25, 0.3) is 10.1 Å². The Balaban J connectivity index is 3.84. The van der Waals surface area contributed by atoms with Gasteiger partial charge in [-0.15, -0.1) is 0 Å². The molecule has 0 aromatic heterocycles. The van der Waals surface area contributed by atoms with Crippen LogP contribution in [-0.2, 0) is 15.5 Å². The van der Waals surface area contributed by atoms with Crippen molar-refractivity contribution in [3.05, 3.63) is 23.3 Å². The Morgan fingerprint density at radius 3 is 2.00 bits per heavy atom. The molecule has 0 aliphatic carbocycles. The largest absolute Gasteiger partial charge is 0.294 e. The van der Waals surface area contributed by atoms with Crippen molar-refractivity contribution in [2.45, 2.75) is 51.1 Å². The van der Waals surface area contributed by atoms with E-state index in [1.165, 1.54) is 6.07 Å². The summed E-state index contributed by atoms with van der Waals surface area (Å²) in [6.07, 6.45) is 0. The van der Waals surface area contributed by atoms with E-state index in [2.05, 4.69) is 13.1 Å². The highest BCUT2D eigenvalue weighted by molar-refractivity contribution is 7.85. The van der Waals surface area contributed by atoms with E-state index in [0.717, 1.165) is 16.3 Å². The first-order chi connectivity index (χ1) is 7.96. The lowest BCUT2D eigenvalue weighted by atomic mass is 9.86. The van der Waals surface area contributed by atoms with Gasteiger partial charge in [0.2, 0.25) is 0 Å². The summed E-state index contributed by atoms with van der Waals surface area (Å²) in [6, 6.07) is 3.31. The third kappa shape index (κ3) is 3.02. The number of benzene rings is 1. The normalized spacial score (nSPS) is 13.1. The van der Waals surface area contributed by atoms with E-state index in [9.17, 15) is 13.0 Å². The highest BCUT2D eigenvalue weighted by atomic mass is 32.2. The lowest BCUT2D eigenvalue weighted by Gasteiger charge is -2.28. The molecule has 3 nitrogen and oxygen atoms in total. The van der Waals surface area contributed by atoms with Gasteiger partial charge < -0.3 is 0 Å². The van der Waals surface area contributed by atoms with Crippen LogP contribution < -0.4 is 5.19 Å². The molecule has 1 N–H and O–H groups in total. The Bertz CT molecular complexity index is 554. The summed E-state index contributed by atoms with van der Waals surface area (Å²) in [7, 11) is -5.35. The van der Waals surface area contributed by atoms with Gasteiger partial charge in [-0.3, -0.25) is 4.55 Å². The molecular weight excluding hydrogens is 264 g/mol. The average molecular weight is 286 g/mol. The molecule has 0 amide bonds. The van der Waals surface area contributed by atoms with Crippen LogP contribution in [0.15, 0.2) is 17.0 Å². The summed E-state index contributed by atoms with van der Waals surface area (Å²) in [5.41, 5.74) is 1.60. The summed E-state index contributed by atoms with van der Waals surface area (Å²) >= 11 is 0. The maximum atomic E-state index is 11.6. The van der Waals surface area contributed by atoms with Gasteiger partial charge in [0, 0.05) is 0 Å². The van der Waals surface area contributed by atoms with E-state index in [4.69, 9.17) is 0 Å². The van der Waals surface area contributed by atoms with Gasteiger partial charge in [-0.2, -0.15) is 8.42 Å². The summed E-state index contributed by atoms with van der Waals surface area (Å²) in [4.78, 5) is 0.0665. The summed E-state index contributed by atoms with van der Waals surface area (Å²) in [5.74, 6) is 0. The molecule has 1 aromatic carbocycles. The molecule has 0 atom stereocenters. The Hall–Kier alpha value is -0.653. The molecule has 1 rings (SSSR count). The minimum absolute atomic E-state index is 0.0665. The fraction of sp³-hybridized carbons (Fsp3) is 0.538. The molecule has 0 aliphatic rings. The van der Waals surface area contributed by atoms with Gasteiger partial charge in [0.05, 0.1) is 13.7 Å². The van der Waals surface area contributed by atoms with Crippen LogP contribution in [0.25, 0.3) is 0 Å². The van der Waals surface area contributed by atoms with Gasteiger partial charge in [0.1, 0.15) is 0 Å². The molecule has 0 unspecified atom stereocenters. The van der Waals surface area contributed by atoms with Gasteiger partial charge in [-0.25, -0.2) is 0 Å². The van der Waals surface area contributed by atoms with Crippen LogP contribution in [-0.4, -0.2) is 21.8 Å². The topological polar surface area (TPSA) is 54.4 Å². The molecule has 102 valence electrons.